The number of nitrogens with one attached hydrogen (secondary N) is 1. The fourth-order valence-electron chi connectivity index (χ4n) is 0.273. The highest BCUT2D eigenvalue weighted by Gasteiger charge is 2.03. The van der Waals surface area contributed by atoms with Crippen LogP contribution in [-0.2, 0) is 4.74 Å². The first-order valence-corrected chi connectivity index (χ1v) is 3.60. The normalized spacial score (nSPS) is 13.4. The van der Waals surface area contributed by atoms with Crippen molar-refractivity contribution < 1.29 is 4.74 Å². The quantitative estimate of drug-likeness (QED) is 0.456. The Kier molecular flexibility index (Phi) is 3.91. The van der Waals surface area contributed by atoms with E-state index in [1.807, 2.05) is 13.2 Å². The molecule has 0 saturated carbocycles. The van der Waals surface area contributed by atoms with Gasteiger partial charge < -0.3 is 4.74 Å². The maximum atomic E-state index is 7.18. The van der Waals surface area contributed by atoms with Crippen molar-refractivity contribution >= 4 is 16.8 Å². The van der Waals surface area contributed by atoms with Gasteiger partial charge in [-0.2, -0.15) is 0 Å². The van der Waals surface area contributed by atoms with Crippen LogP contribution >= 0.6 is 11.8 Å². The number of rotatable bonds is 2. The van der Waals surface area contributed by atoms with Crippen LogP contribution in [0.1, 0.15) is 6.92 Å². The van der Waals surface area contributed by atoms with E-state index in [1.54, 1.807) is 7.11 Å². The van der Waals surface area contributed by atoms with Crippen molar-refractivity contribution in [3.63, 3.8) is 0 Å². The molecule has 0 aliphatic heterocycles. The smallest absolute Gasteiger partial charge is 0.102 e. The molecule has 0 bridgehead atoms. The molecule has 3 heteroatoms. The molecule has 0 rings (SSSR count). The molecule has 0 aliphatic carbocycles. The molecule has 1 atom stereocenters. The average molecular weight is 133 g/mol. The summed E-state index contributed by atoms with van der Waals surface area (Å²) in [7, 11) is 1.61. The van der Waals surface area contributed by atoms with Gasteiger partial charge in [0.15, 0.2) is 0 Å². The van der Waals surface area contributed by atoms with E-state index in [2.05, 4.69) is 0 Å². The van der Waals surface area contributed by atoms with Gasteiger partial charge in [0.05, 0.1) is 5.04 Å². The Morgan fingerprint density at radius 2 is 2.25 bits per heavy atom. The molecule has 0 unspecified atom stereocenters. The second-order valence-corrected chi connectivity index (χ2v) is 2.29. The summed E-state index contributed by atoms with van der Waals surface area (Å²) >= 11 is 1.42. The summed E-state index contributed by atoms with van der Waals surface area (Å²) in [5, 5.41) is 7.76. The molecule has 2 nitrogen and oxygen atoms in total. The van der Waals surface area contributed by atoms with Gasteiger partial charge in [0.2, 0.25) is 0 Å². The molecular weight excluding hydrogens is 122 g/mol. The third-order valence-corrected chi connectivity index (χ3v) is 1.71. The van der Waals surface area contributed by atoms with Crippen LogP contribution < -0.4 is 0 Å². The van der Waals surface area contributed by atoms with Gasteiger partial charge in [-0.3, -0.25) is 5.41 Å². The Hall–Kier alpha value is -0.0200. The molecule has 48 valence electrons. The van der Waals surface area contributed by atoms with Crippen LogP contribution in [0.25, 0.3) is 0 Å². The van der Waals surface area contributed by atoms with Gasteiger partial charge in [-0.15, -0.1) is 11.8 Å². The zero-order chi connectivity index (χ0) is 6.57. The van der Waals surface area contributed by atoms with Gasteiger partial charge in [0.1, 0.15) is 6.10 Å². The van der Waals surface area contributed by atoms with Crippen LogP contribution in [0.5, 0.6) is 0 Å². The van der Waals surface area contributed by atoms with Crippen molar-refractivity contribution in [1.29, 1.82) is 5.41 Å². The van der Waals surface area contributed by atoms with Crippen molar-refractivity contribution in [3.05, 3.63) is 0 Å². The predicted molar refractivity (Wildman–Crippen MR) is 37.7 cm³/mol. The molecule has 0 radical (unpaired) electrons. The van der Waals surface area contributed by atoms with Crippen LogP contribution in [0, 0.1) is 5.41 Å². The molecule has 0 saturated heterocycles. The Bertz CT molecular complexity index is 84.5. The highest BCUT2D eigenvalue weighted by molar-refractivity contribution is 8.13. The van der Waals surface area contributed by atoms with E-state index in [4.69, 9.17) is 10.1 Å². The SMILES string of the molecule is CO[C@H](C)C(=N)SC. The van der Waals surface area contributed by atoms with Gasteiger partial charge in [0.25, 0.3) is 0 Å². The highest BCUT2D eigenvalue weighted by atomic mass is 32.2. The predicted octanol–water partition coefficient (Wildman–Crippen LogP) is 1.36. The lowest BCUT2D eigenvalue weighted by Crippen LogP contribution is -2.13. The minimum Gasteiger partial charge on any atom is -0.375 e. The summed E-state index contributed by atoms with van der Waals surface area (Å²) < 4.78 is 4.86. The Morgan fingerprint density at radius 3 is 2.38 bits per heavy atom. The lowest BCUT2D eigenvalue weighted by Gasteiger charge is -2.06. The van der Waals surface area contributed by atoms with Crippen molar-refractivity contribution in [2.24, 2.45) is 0 Å². The van der Waals surface area contributed by atoms with Gasteiger partial charge in [0, 0.05) is 7.11 Å². The largest absolute Gasteiger partial charge is 0.375 e. The van der Waals surface area contributed by atoms with Gasteiger partial charge in [-0.1, -0.05) is 0 Å². The molecule has 0 fully saturated rings. The Morgan fingerprint density at radius 1 is 1.75 bits per heavy atom. The lowest BCUT2D eigenvalue weighted by molar-refractivity contribution is 0.172. The van der Waals surface area contributed by atoms with Gasteiger partial charge >= 0.3 is 0 Å². The molecule has 0 heterocycles. The van der Waals surface area contributed by atoms with Crippen molar-refractivity contribution in [1.82, 2.24) is 0 Å². The minimum absolute atomic E-state index is 0.0370. The summed E-state index contributed by atoms with van der Waals surface area (Å²) in [6, 6.07) is 0. The topological polar surface area (TPSA) is 33.1 Å². The lowest BCUT2D eigenvalue weighted by atomic mass is 10.4. The third kappa shape index (κ3) is 2.33. The van der Waals surface area contributed by atoms with Crippen LogP contribution in [0.2, 0.25) is 0 Å². The van der Waals surface area contributed by atoms with Crippen LogP contribution in [0.3, 0.4) is 0 Å². The number of methoxy groups -OCH3 is 1. The summed E-state index contributed by atoms with van der Waals surface area (Å²) in [5.41, 5.74) is 0. The molecular formula is C5H11NOS. The monoisotopic (exact) mass is 133 g/mol. The van der Waals surface area contributed by atoms with Crippen molar-refractivity contribution in [3.8, 4) is 0 Å². The molecule has 0 aromatic carbocycles. The molecule has 0 spiro atoms. The Labute approximate surface area is 54.1 Å². The maximum absolute atomic E-state index is 7.18. The molecule has 0 aromatic rings. The average Bonchev–Trinajstić information content (AvgIpc) is 1.84. The van der Waals surface area contributed by atoms with E-state index in [0.717, 1.165) is 0 Å². The Balaban J connectivity index is 3.46. The highest BCUT2D eigenvalue weighted by Crippen LogP contribution is 2.02. The van der Waals surface area contributed by atoms with Crippen molar-refractivity contribution in [2.45, 2.75) is 13.0 Å². The van der Waals surface area contributed by atoms with Crippen LogP contribution in [0.15, 0.2) is 0 Å². The van der Waals surface area contributed by atoms with Crippen LogP contribution in [-0.4, -0.2) is 24.5 Å². The molecule has 1 N–H and O–H groups in total. The van der Waals surface area contributed by atoms with E-state index < -0.39 is 0 Å². The number of hydrogen-bond acceptors (Lipinski definition) is 3. The van der Waals surface area contributed by atoms with E-state index in [9.17, 15) is 0 Å². The van der Waals surface area contributed by atoms with Gasteiger partial charge in [-0.05, 0) is 13.2 Å². The summed E-state index contributed by atoms with van der Waals surface area (Å²) in [6.45, 7) is 1.86. The third-order valence-electron chi connectivity index (χ3n) is 0.943. The second-order valence-electron chi connectivity index (χ2n) is 1.45. The fourth-order valence-corrected chi connectivity index (χ4v) is 0.701. The van der Waals surface area contributed by atoms with E-state index in [-0.39, 0.29) is 6.10 Å². The first-order valence-electron chi connectivity index (χ1n) is 2.37. The fraction of sp³-hybridized carbons (Fsp3) is 0.800. The second kappa shape index (κ2) is 3.92. The zero-order valence-electron chi connectivity index (χ0n) is 5.39. The molecule has 0 aliphatic rings. The number of ether oxygens (including phenoxy) is 1. The van der Waals surface area contributed by atoms with E-state index in [0.29, 0.717) is 5.04 Å². The van der Waals surface area contributed by atoms with Crippen LogP contribution in [0.4, 0.5) is 0 Å². The summed E-state index contributed by atoms with van der Waals surface area (Å²) in [4.78, 5) is 0. The summed E-state index contributed by atoms with van der Waals surface area (Å²) in [6.07, 6.45) is 1.84. The maximum Gasteiger partial charge on any atom is 0.102 e. The molecule has 0 aromatic heterocycles. The molecule has 8 heavy (non-hydrogen) atoms. The van der Waals surface area contributed by atoms with Crippen molar-refractivity contribution in [2.75, 3.05) is 13.4 Å². The molecule has 0 amide bonds. The summed E-state index contributed by atoms with van der Waals surface area (Å²) in [5.74, 6) is 0. The van der Waals surface area contributed by atoms with Gasteiger partial charge in [-0.25, -0.2) is 0 Å². The zero-order valence-corrected chi connectivity index (χ0v) is 6.21. The first kappa shape index (κ1) is 7.98. The standard InChI is InChI=1S/C5H11NOS/c1-4(7-2)5(6)8-3/h4,6H,1-3H3/t4-/m1/s1. The minimum atomic E-state index is -0.0370. The van der Waals surface area contributed by atoms with E-state index >= 15 is 0 Å². The first-order chi connectivity index (χ1) is 3.72. The van der Waals surface area contributed by atoms with E-state index in [1.165, 1.54) is 11.8 Å². The number of hydrogen-bond donors (Lipinski definition) is 1. The number of thioether (sulfide) groups is 1.